The first-order valence-electron chi connectivity index (χ1n) is 7.39. The monoisotopic (exact) mass is 312 g/mol. The number of hydrogen-bond donors (Lipinski definition) is 1. The molecular weight excluding hydrogens is 292 g/mol. The van der Waals surface area contributed by atoms with E-state index in [0.29, 0.717) is 6.54 Å². The van der Waals surface area contributed by atoms with Gasteiger partial charge in [-0.1, -0.05) is 0 Å². The molecule has 0 saturated carbocycles. The molecule has 0 aromatic carbocycles. The maximum absolute atomic E-state index is 9.20. The lowest BCUT2D eigenvalue weighted by atomic mass is 10.2. The zero-order valence-corrected chi connectivity index (χ0v) is 13.5. The molecule has 7 nitrogen and oxygen atoms in total. The van der Waals surface area contributed by atoms with E-state index in [1.54, 1.807) is 12.4 Å². The first-order valence-corrected chi connectivity index (χ1v) is 7.39. The van der Waals surface area contributed by atoms with E-state index < -0.39 is 0 Å². The Morgan fingerprint density at radius 1 is 1.00 bits per heavy atom. The predicted molar refractivity (Wildman–Crippen MR) is 89.0 cm³/mol. The third-order valence-corrected chi connectivity index (χ3v) is 3.79. The van der Waals surface area contributed by atoms with Crippen LogP contribution < -0.4 is 4.90 Å². The average molecular weight is 312 g/mol. The van der Waals surface area contributed by atoms with E-state index in [2.05, 4.69) is 9.97 Å². The number of pyridine rings is 1. The van der Waals surface area contributed by atoms with E-state index in [9.17, 15) is 5.11 Å². The van der Waals surface area contributed by atoms with Crippen molar-refractivity contribution in [3.8, 4) is 23.0 Å². The number of likely N-dealkylation sites (N-methyl/N-ethyl adjacent to an activating group) is 1. The number of rotatable bonds is 5. The summed E-state index contributed by atoms with van der Waals surface area (Å²) in [5.74, 6) is 1.58. The van der Waals surface area contributed by atoms with Gasteiger partial charge in [-0.2, -0.15) is 0 Å². The molecule has 0 aliphatic rings. The Balaban J connectivity index is 2.15. The van der Waals surface area contributed by atoms with Crippen LogP contribution in [0.15, 0.2) is 36.9 Å². The van der Waals surface area contributed by atoms with Gasteiger partial charge in [0.1, 0.15) is 11.4 Å². The van der Waals surface area contributed by atoms with E-state index in [4.69, 9.17) is 4.98 Å². The van der Waals surface area contributed by atoms with Crippen LogP contribution in [0.4, 0.5) is 5.69 Å². The second-order valence-corrected chi connectivity index (χ2v) is 5.46. The molecule has 3 aromatic heterocycles. The Hall–Kier alpha value is -2.67. The first-order chi connectivity index (χ1) is 11.1. The van der Waals surface area contributed by atoms with Gasteiger partial charge >= 0.3 is 0 Å². The smallest absolute Gasteiger partial charge is 0.158 e. The summed E-state index contributed by atoms with van der Waals surface area (Å²) in [6.45, 7) is 0.637. The average Bonchev–Trinajstić information content (AvgIpc) is 3.15. The fourth-order valence-corrected chi connectivity index (χ4v) is 2.47. The van der Waals surface area contributed by atoms with Gasteiger partial charge in [-0.3, -0.25) is 0 Å². The molecule has 7 heteroatoms. The molecule has 120 valence electrons. The number of aryl methyl sites for hydroxylation is 2. The highest BCUT2D eigenvalue weighted by Gasteiger charge is 2.14. The fraction of sp³-hybridized carbons (Fsp3) is 0.312. The topological polar surface area (TPSA) is 72.0 Å². The molecule has 3 heterocycles. The molecule has 1 N–H and O–H groups in total. The van der Waals surface area contributed by atoms with Crippen molar-refractivity contribution in [1.29, 1.82) is 0 Å². The van der Waals surface area contributed by atoms with Crippen molar-refractivity contribution in [2.75, 3.05) is 25.1 Å². The number of aromatic nitrogens is 5. The van der Waals surface area contributed by atoms with Crippen molar-refractivity contribution in [2.24, 2.45) is 14.1 Å². The molecule has 0 fully saturated rings. The zero-order valence-electron chi connectivity index (χ0n) is 13.5. The minimum Gasteiger partial charge on any atom is -0.395 e. The van der Waals surface area contributed by atoms with Crippen LogP contribution in [0.2, 0.25) is 0 Å². The van der Waals surface area contributed by atoms with Crippen LogP contribution in [0.3, 0.4) is 0 Å². The third-order valence-electron chi connectivity index (χ3n) is 3.79. The summed E-state index contributed by atoms with van der Waals surface area (Å²) >= 11 is 0. The standard InChI is InChI=1S/C16H20N6O/c1-20(8-9-23)12-10-13(15-17-4-6-21(15)2)19-14(11-12)16-18-5-7-22(16)3/h4-7,10-11,23H,8-9H2,1-3H3. The van der Waals surface area contributed by atoms with E-state index in [1.807, 2.05) is 59.7 Å². The minimum atomic E-state index is 0.0916. The summed E-state index contributed by atoms with van der Waals surface area (Å²) in [5, 5.41) is 9.20. The minimum absolute atomic E-state index is 0.0916. The van der Waals surface area contributed by atoms with Crippen molar-refractivity contribution in [3.63, 3.8) is 0 Å². The molecule has 0 bridgehead atoms. The van der Waals surface area contributed by atoms with Gasteiger partial charge in [0, 0.05) is 58.2 Å². The molecule has 3 aromatic rings. The van der Waals surface area contributed by atoms with Crippen LogP contribution in [0.1, 0.15) is 0 Å². The number of anilines is 1. The lowest BCUT2D eigenvalue weighted by Crippen LogP contribution is -2.21. The Kier molecular flexibility index (Phi) is 4.12. The van der Waals surface area contributed by atoms with Gasteiger partial charge in [0.2, 0.25) is 0 Å². The summed E-state index contributed by atoms with van der Waals surface area (Å²) in [7, 11) is 5.82. The van der Waals surface area contributed by atoms with Crippen molar-refractivity contribution in [1.82, 2.24) is 24.1 Å². The Morgan fingerprint density at radius 3 is 1.91 bits per heavy atom. The molecule has 0 atom stereocenters. The lowest BCUT2D eigenvalue weighted by molar-refractivity contribution is 0.304. The highest BCUT2D eigenvalue weighted by atomic mass is 16.3. The van der Waals surface area contributed by atoms with E-state index in [0.717, 1.165) is 28.7 Å². The number of imidazole rings is 2. The van der Waals surface area contributed by atoms with Crippen LogP contribution in [0.5, 0.6) is 0 Å². The van der Waals surface area contributed by atoms with E-state index >= 15 is 0 Å². The van der Waals surface area contributed by atoms with Crippen molar-refractivity contribution in [2.45, 2.75) is 0 Å². The third kappa shape index (κ3) is 2.95. The molecule has 0 amide bonds. The SMILES string of the molecule is CN(CCO)c1cc(-c2nccn2C)nc(-c2nccn2C)c1. The molecule has 0 radical (unpaired) electrons. The molecule has 0 spiro atoms. The Bertz CT molecular complexity index is 748. The van der Waals surface area contributed by atoms with Crippen LogP contribution in [-0.4, -0.2) is 49.4 Å². The van der Waals surface area contributed by atoms with Crippen molar-refractivity contribution >= 4 is 5.69 Å². The Morgan fingerprint density at radius 2 is 1.52 bits per heavy atom. The molecule has 23 heavy (non-hydrogen) atoms. The molecule has 0 unspecified atom stereocenters. The first kappa shape index (κ1) is 15.2. The van der Waals surface area contributed by atoms with Crippen molar-refractivity contribution < 1.29 is 5.11 Å². The largest absolute Gasteiger partial charge is 0.395 e. The quantitative estimate of drug-likeness (QED) is 0.769. The number of aliphatic hydroxyl groups is 1. The second-order valence-electron chi connectivity index (χ2n) is 5.46. The van der Waals surface area contributed by atoms with E-state index in [1.165, 1.54) is 0 Å². The molecular formula is C16H20N6O. The van der Waals surface area contributed by atoms with Gasteiger partial charge in [-0.05, 0) is 12.1 Å². The summed E-state index contributed by atoms with van der Waals surface area (Å²) in [4.78, 5) is 15.5. The van der Waals surface area contributed by atoms with Crippen molar-refractivity contribution in [3.05, 3.63) is 36.9 Å². The maximum atomic E-state index is 9.20. The normalized spacial score (nSPS) is 11.0. The molecule has 0 saturated heterocycles. The summed E-state index contributed by atoms with van der Waals surface area (Å²) < 4.78 is 3.86. The molecule has 0 aliphatic heterocycles. The number of nitrogens with zero attached hydrogens (tertiary/aromatic N) is 6. The van der Waals surface area contributed by atoms with E-state index in [-0.39, 0.29) is 6.61 Å². The molecule has 0 aliphatic carbocycles. The molecule has 3 rings (SSSR count). The van der Waals surface area contributed by atoms with Crippen LogP contribution in [0, 0.1) is 0 Å². The lowest BCUT2D eigenvalue weighted by Gasteiger charge is -2.19. The maximum Gasteiger partial charge on any atom is 0.158 e. The van der Waals surface area contributed by atoms with Gasteiger partial charge in [0.15, 0.2) is 11.6 Å². The number of aliphatic hydroxyl groups excluding tert-OH is 1. The predicted octanol–water partition coefficient (Wildman–Crippen LogP) is 1.31. The zero-order chi connectivity index (χ0) is 16.4. The van der Waals surface area contributed by atoms with Gasteiger partial charge in [-0.25, -0.2) is 15.0 Å². The highest BCUT2D eigenvalue weighted by molar-refractivity contribution is 5.67. The van der Waals surface area contributed by atoms with Crippen LogP contribution in [0.25, 0.3) is 23.0 Å². The fourth-order valence-electron chi connectivity index (χ4n) is 2.47. The number of hydrogen-bond acceptors (Lipinski definition) is 5. The highest BCUT2D eigenvalue weighted by Crippen LogP contribution is 2.26. The van der Waals surface area contributed by atoms with Gasteiger partial charge < -0.3 is 19.1 Å². The van der Waals surface area contributed by atoms with Crippen LogP contribution >= 0.6 is 0 Å². The van der Waals surface area contributed by atoms with Gasteiger partial charge in [0.25, 0.3) is 0 Å². The second kappa shape index (κ2) is 6.21. The summed E-state index contributed by atoms with van der Waals surface area (Å²) in [6.07, 6.45) is 7.28. The summed E-state index contributed by atoms with van der Waals surface area (Å²) in [6, 6.07) is 3.95. The van der Waals surface area contributed by atoms with Crippen LogP contribution in [-0.2, 0) is 14.1 Å². The van der Waals surface area contributed by atoms with Gasteiger partial charge in [-0.15, -0.1) is 0 Å². The van der Waals surface area contributed by atoms with Gasteiger partial charge in [0.05, 0.1) is 6.61 Å². The summed E-state index contributed by atoms with van der Waals surface area (Å²) in [5.41, 5.74) is 2.51. The Labute approximate surface area is 134 Å².